The number of hydrogen-bond donors (Lipinski definition) is 1. The number of ether oxygens (including phenoxy) is 1. The highest BCUT2D eigenvalue weighted by Crippen LogP contribution is 2.26. The summed E-state index contributed by atoms with van der Waals surface area (Å²) >= 11 is 1.33. The molecule has 2 amide bonds. The molecule has 1 fully saturated rings. The summed E-state index contributed by atoms with van der Waals surface area (Å²) in [7, 11) is 0. The molecule has 166 valence electrons. The molecule has 1 saturated heterocycles. The highest BCUT2D eigenvalue weighted by atomic mass is 32.1. The van der Waals surface area contributed by atoms with Crippen molar-refractivity contribution in [1.29, 1.82) is 0 Å². The first-order chi connectivity index (χ1) is 15.4. The van der Waals surface area contributed by atoms with Gasteiger partial charge in [0.25, 0.3) is 11.8 Å². The molecule has 2 aromatic heterocycles. The standard InChI is InChI=1S/C24H26N4O3S/c1-15-13-28(14-16(2)31-15)24(30)19-9-7-18(8-10-19)12-26-22(29)21-17(3)27-23(32-21)20-6-4-5-11-25-20/h4-11,15-16H,12-14H2,1-3H3,(H,26,29). The third kappa shape index (κ3) is 5.03. The van der Waals surface area contributed by atoms with E-state index in [1.807, 2.05) is 68.1 Å². The van der Waals surface area contributed by atoms with Crippen molar-refractivity contribution in [2.75, 3.05) is 13.1 Å². The van der Waals surface area contributed by atoms with E-state index in [1.165, 1.54) is 11.3 Å². The maximum atomic E-state index is 12.8. The predicted molar refractivity (Wildman–Crippen MR) is 124 cm³/mol. The largest absolute Gasteiger partial charge is 0.372 e. The Kier molecular flexibility index (Phi) is 6.62. The van der Waals surface area contributed by atoms with Crippen LogP contribution in [-0.4, -0.2) is 52.0 Å². The van der Waals surface area contributed by atoms with Gasteiger partial charge >= 0.3 is 0 Å². The molecule has 2 unspecified atom stereocenters. The molecule has 1 aromatic carbocycles. The maximum absolute atomic E-state index is 12.8. The van der Waals surface area contributed by atoms with E-state index in [-0.39, 0.29) is 24.0 Å². The van der Waals surface area contributed by atoms with E-state index >= 15 is 0 Å². The molecule has 0 spiro atoms. The van der Waals surface area contributed by atoms with Gasteiger partial charge in [-0.25, -0.2) is 4.98 Å². The normalized spacial score (nSPS) is 18.4. The van der Waals surface area contributed by atoms with Gasteiger partial charge < -0.3 is 15.0 Å². The van der Waals surface area contributed by atoms with Crippen LogP contribution in [0.15, 0.2) is 48.7 Å². The molecule has 7 nitrogen and oxygen atoms in total. The Morgan fingerprint density at radius 2 is 1.84 bits per heavy atom. The minimum Gasteiger partial charge on any atom is -0.372 e. The molecule has 1 aliphatic rings. The highest BCUT2D eigenvalue weighted by Gasteiger charge is 2.26. The van der Waals surface area contributed by atoms with Gasteiger partial charge in [-0.2, -0.15) is 0 Å². The fraction of sp³-hybridized carbons (Fsp3) is 0.333. The Labute approximate surface area is 191 Å². The van der Waals surface area contributed by atoms with E-state index in [4.69, 9.17) is 4.74 Å². The molecule has 32 heavy (non-hydrogen) atoms. The van der Waals surface area contributed by atoms with E-state index in [0.717, 1.165) is 16.3 Å². The third-order valence-electron chi connectivity index (χ3n) is 5.25. The first-order valence-corrected chi connectivity index (χ1v) is 11.4. The molecule has 0 aliphatic carbocycles. The molecule has 8 heteroatoms. The van der Waals surface area contributed by atoms with Crippen LogP contribution in [0.1, 0.15) is 45.1 Å². The summed E-state index contributed by atoms with van der Waals surface area (Å²) in [6, 6.07) is 13.0. The molecule has 3 aromatic rings. The Hall–Kier alpha value is -3.10. The van der Waals surface area contributed by atoms with Gasteiger partial charge in [-0.3, -0.25) is 14.6 Å². The van der Waals surface area contributed by atoms with Crippen molar-refractivity contribution in [1.82, 2.24) is 20.2 Å². The van der Waals surface area contributed by atoms with Crippen LogP contribution in [0.5, 0.6) is 0 Å². The number of hydrogen-bond acceptors (Lipinski definition) is 6. The number of amides is 2. The average molecular weight is 451 g/mol. The van der Waals surface area contributed by atoms with Crippen molar-refractivity contribution in [3.63, 3.8) is 0 Å². The summed E-state index contributed by atoms with van der Waals surface area (Å²) < 4.78 is 5.71. The van der Waals surface area contributed by atoms with Crippen LogP contribution in [0, 0.1) is 6.92 Å². The zero-order chi connectivity index (χ0) is 22.7. The van der Waals surface area contributed by atoms with Gasteiger partial charge in [-0.05, 0) is 50.6 Å². The summed E-state index contributed by atoms with van der Waals surface area (Å²) in [5.41, 5.74) is 3.00. The van der Waals surface area contributed by atoms with Crippen LogP contribution in [0.25, 0.3) is 10.7 Å². The highest BCUT2D eigenvalue weighted by molar-refractivity contribution is 7.17. The molecule has 4 rings (SSSR count). The third-order valence-corrected chi connectivity index (χ3v) is 6.43. The van der Waals surface area contributed by atoms with Crippen LogP contribution < -0.4 is 5.32 Å². The quantitative estimate of drug-likeness (QED) is 0.641. The molecular weight excluding hydrogens is 424 g/mol. The lowest BCUT2D eigenvalue weighted by atomic mass is 10.1. The van der Waals surface area contributed by atoms with Crippen molar-refractivity contribution in [2.24, 2.45) is 0 Å². The van der Waals surface area contributed by atoms with Gasteiger partial charge in [0.15, 0.2) is 0 Å². The molecule has 3 heterocycles. The summed E-state index contributed by atoms with van der Waals surface area (Å²) in [4.78, 5) is 36.7. The Morgan fingerprint density at radius 3 is 2.50 bits per heavy atom. The molecule has 0 bridgehead atoms. The second-order valence-electron chi connectivity index (χ2n) is 8.00. The number of pyridine rings is 1. The van der Waals surface area contributed by atoms with Crippen LogP contribution in [-0.2, 0) is 11.3 Å². The number of nitrogens with zero attached hydrogens (tertiary/aromatic N) is 3. The number of morpholine rings is 1. The molecule has 1 N–H and O–H groups in total. The van der Waals surface area contributed by atoms with Gasteiger partial charge in [0.1, 0.15) is 9.88 Å². The molecule has 1 aliphatic heterocycles. The fourth-order valence-electron chi connectivity index (χ4n) is 3.76. The van der Waals surface area contributed by atoms with Gasteiger partial charge in [0.2, 0.25) is 0 Å². The van der Waals surface area contributed by atoms with Crippen molar-refractivity contribution >= 4 is 23.2 Å². The van der Waals surface area contributed by atoms with Gasteiger partial charge in [0, 0.05) is 31.4 Å². The van der Waals surface area contributed by atoms with Crippen molar-refractivity contribution in [3.05, 3.63) is 70.4 Å². The number of carbonyl (C=O) groups excluding carboxylic acids is 2. The Balaban J connectivity index is 1.37. The van der Waals surface area contributed by atoms with E-state index in [0.29, 0.717) is 35.8 Å². The lowest BCUT2D eigenvalue weighted by Crippen LogP contribution is -2.48. The first kappa shape index (κ1) is 22.1. The number of aryl methyl sites for hydroxylation is 1. The minimum absolute atomic E-state index is 0.00456. The van der Waals surface area contributed by atoms with Crippen molar-refractivity contribution < 1.29 is 14.3 Å². The SMILES string of the molecule is Cc1nc(-c2ccccn2)sc1C(=O)NCc1ccc(C(=O)N2CC(C)OC(C)C2)cc1. The minimum atomic E-state index is -0.168. The van der Waals surface area contributed by atoms with Crippen LogP contribution in [0.4, 0.5) is 0 Å². The fourth-order valence-corrected chi connectivity index (χ4v) is 4.72. The lowest BCUT2D eigenvalue weighted by molar-refractivity contribution is -0.0586. The number of aromatic nitrogens is 2. The molecular formula is C24H26N4O3S. The molecule has 0 radical (unpaired) electrons. The van der Waals surface area contributed by atoms with E-state index in [9.17, 15) is 9.59 Å². The van der Waals surface area contributed by atoms with Gasteiger partial charge in [-0.15, -0.1) is 11.3 Å². The summed E-state index contributed by atoms with van der Waals surface area (Å²) in [5, 5.41) is 3.67. The van der Waals surface area contributed by atoms with E-state index in [2.05, 4.69) is 15.3 Å². The number of rotatable bonds is 5. The monoisotopic (exact) mass is 450 g/mol. The van der Waals surface area contributed by atoms with E-state index in [1.54, 1.807) is 6.20 Å². The van der Waals surface area contributed by atoms with Gasteiger partial charge in [0.05, 0.1) is 23.6 Å². The summed E-state index contributed by atoms with van der Waals surface area (Å²) in [5.74, 6) is -0.163. The number of carbonyl (C=O) groups is 2. The topological polar surface area (TPSA) is 84.4 Å². The zero-order valence-corrected chi connectivity index (χ0v) is 19.2. The maximum Gasteiger partial charge on any atom is 0.263 e. The molecule has 2 atom stereocenters. The Bertz CT molecular complexity index is 1090. The lowest BCUT2D eigenvalue weighted by Gasteiger charge is -2.35. The summed E-state index contributed by atoms with van der Waals surface area (Å²) in [6.07, 6.45) is 1.77. The smallest absolute Gasteiger partial charge is 0.263 e. The number of benzene rings is 1. The molecule has 0 saturated carbocycles. The van der Waals surface area contributed by atoms with Gasteiger partial charge in [-0.1, -0.05) is 18.2 Å². The first-order valence-electron chi connectivity index (χ1n) is 10.6. The zero-order valence-electron chi connectivity index (χ0n) is 18.4. The average Bonchev–Trinajstić information content (AvgIpc) is 3.19. The summed E-state index contributed by atoms with van der Waals surface area (Å²) in [6.45, 7) is 7.34. The van der Waals surface area contributed by atoms with Crippen LogP contribution >= 0.6 is 11.3 Å². The second kappa shape index (κ2) is 9.58. The number of nitrogens with one attached hydrogen (secondary N) is 1. The van der Waals surface area contributed by atoms with Crippen molar-refractivity contribution in [2.45, 2.75) is 39.5 Å². The predicted octanol–water partition coefficient (Wildman–Crippen LogP) is 3.69. The van der Waals surface area contributed by atoms with Crippen LogP contribution in [0.3, 0.4) is 0 Å². The van der Waals surface area contributed by atoms with Crippen LogP contribution in [0.2, 0.25) is 0 Å². The Morgan fingerprint density at radius 1 is 1.12 bits per heavy atom. The number of thiazole rings is 1. The second-order valence-corrected chi connectivity index (χ2v) is 8.99. The van der Waals surface area contributed by atoms with E-state index < -0.39 is 0 Å². The van der Waals surface area contributed by atoms with Crippen molar-refractivity contribution in [3.8, 4) is 10.7 Å².